The van der Waals surface area contributed by atoms with Gasteiger partial charge >= 0.3 is 0 Å². The van der Waals surface area contributed by atoms with Crippen molar-refractivity contribution in [3.05, 3.63) is 72.1 Å². The monoisotopic (exact) mass is 423 g/mol. The Morgan fingerprint density at radius 1 is 1.06 bits per heavy atom. The summed E-state index contributed by atoms with van der Waals surface area (Å²) >= 11 is 0. The Morgan fingerprint density at radius 3 is 2.48 bits per heavy atom. The fourth-order valence-electron chi connectivity index (χ4n) is 2.81. The SMILES string of the molecule is COc1ccc(OCC(=O)NCCn2cc(C(=O)N(C)Cc3ccccc3)nn2)cc1. The van der Waals surface area contributed by atoms with Gasteiger partial charge in [0.2, 0.25) is 0 Å². The first-order valence-electron chi connectivity index (χ1n) is 9.78. The van der Waals surface area contributed by atoms with Gasteiger partial charge in [-0.2, -0.15) is 0 Å². The van der Waals surface area contributed by atoms with Crippen LogP contribution in [-0.4, -0.2) is 59.0 Å². The zero-order valence-corrected chi connectivity index (χ0v) is 17.5. The van der Waals surface area contributed by atoms with Crippen molar-refractivity contribution in [2.75, 3.05) is 27.3 Å². The molecule has 1 heterocycles. The van der Waals surface area contributed by atoms with Crippen LogP contribution in [0.25, 0.3) is 0 Å². The van der Waals surface area contributed by atoms with Crippen LogP contribution in [0.2, 0.25) is 0 Å². The molecule has 0 unspecified atom stereocenters. The number of carbonyl (C=O) groups is 2. The van der Waals surface area contributed by atoms with E-state index >= 15 is 0 Å². The third kappa shape index (κ3) is 6.56. The zero-order valence-electron chi connectivity index (χ0n) is 17.5. The molecule has 1 aromatic heterocycles. The minimum atomic E-state index is -0.255. The third-order valence-corrected chi connectivity index (χ3v) is 4.46. The van der Waals surface area contributed by atoms with Gasteiger partial charge in [0.05, 0.1) is 19.9 Å². The number of carbonyl (C=O) groups excluding carboxylic acids is 2. The summed E-state index contributed by atoms with van der Waals surface area (Å²) in [5.74, 6) is 0.825. The third-order valence-electron chi connectivity index (χ3n) is 4.46. The van der Waals surface area contributed by atoms with E-state index in [2.05, 4.69) is 15.6 Å². The van der Waals surface area contributed by atoms with Crippen molar-refractivity contribution >= 4 is 11.8 Å². The minimum absolute atomic E-state index is 0.0995. The van der Waals surface area contributed by atoms with Gasteiger partial charge < -0.3 is 19.7 Å². The van der Waals surface area contributed by atoms with Crippen molar-refractivity contribution in [3.63, 3.8) is 0 Å². The summed E-state index contributed by atoms with van der Waals surface area (Å²) in [6.45, 7) is 1.10. The van der Waals surface area contributed by atoms with Crippen molar-refractivity contribution in [2.24, 2.45) is 0 Å². The van der Waals surface area contributed by atoms with E-state index < -0.39 is 0 Å². The molecule has 3 aromatic rings. The largest absolute Gasteiger partial charge is 0.497 e. The van der Waals surface area contributed by atoms with Crippen LogP contribution in [0.4, 0.5) is 0 Å². The van der Waals surface area contributed by atoms with Crippen LogP contribution in [0, 0.1) is 0 Å². The Hall–Kier alpha value is -3.88. The molecule has 0 aliphatic carbocycles. The van der Waals surface area contributed by atoms with E-state index in [0.29, 0.717) is 31.1 Å². The molecule has 0 aliphatic heterocycles. The summed E-state index contributed by atoms with van der Waals surface area (Å²) in [6, 6.07) is 16.7. The number of aromatic nitrogens is 3. The van der Waals surface area contributed by atoms with Crippen LogP contribution >= 0.6 is 0 Å². The predicted octanol–water partition coefficient (Wildman–Crippen LogP) is 1.75. The average Bonchev–Trinajstić information content (AvgIpc) is 3.27. The fraction of sp³-hybridized carbons (Fsp3) is 0.273. The number of rotatable bonds is 10. The molecule has 0 fully saturated rings. The molecule has 31 heavy (non-hydrogen) atoms. The van der Waals surface area contributed by atoms with E-state index in [9.17, 15) is 9.59 Å². The van der Waals surface area contributed by atoms with E-state index in [1.54, 1.807) is 49.5 Å². The lowest BCUT2D eigenvalue weighted by atomic mass is 10.2. The van der Waals surface area contributed by atoms with Crippen LogP contribution in [0.5, 0.6) is 11.5 Å². The van der Waals surface area contributed by atoms with Crippen molar-refractivity contribution in [2.45, 2.75) is 13.1 Å². The summed E-state index contributed by atoms with van der Waals surface area (Å²) < 4.78 is 12.0. The standard InChI is InChI=1S/C22H25N5O4/c1-26(14-17-6-4-3-5-7-17)22(29)20-15-27(25-24-20)13-12-23-21(28)16-31-19-10-8-18(30-2)9-11-19/h3-11,15H,12-14,16H2,1-2H3,(H,23,28). The maximum atomic E-state index is 12.5. The lowest BCUT2D eigenvalue weighted by molar-refractivity contribution is -0.123. The van der Waals surface area contributed by atoms with Gasteiger partial charge in [0, 0.05) is 20.1 Å². The first-order valence-corrected chi connectivity index (χ1v) is 9.78. The molecule has 0 spiro atoms. The summed E-state index contributed by atoms with van der Waals surface area (Å²) in [5, 5.41) is 10.6. The average molecular weight is 423 g/mol. The highest BCUT2D eigenvalue weighted by Crippen LogP contribution is 2.16. The van der Waals surface area contributed by atoms with Gasteiger partial charge in [0.15, 0.2) is 12.3 Å². The number of hydrogen-bond acceptors (Lipinski definition) is 6. The van der Waals surface area contributed by atoms with E-state index in [4.69, 9.17) is 9.47 Å². The summed E-state index contributed by atoms with van der Waals surface area (Å²) in [6.07, 6.45) is 1.57. The number of ether oxygens (including phenoxy) is 2. The quantitative estimate of drug-likeness (QED) is 0.534. The maximum Gasteiger partial charge on any atom is 0.276 e. The lowest BCUT2D eigenvalue weighted by Gasteiger charge is -2.15. The van der Waals surface area contributed by atoms with E-state index in [1.165, 1.54) is 4.68 Å². The second-order valence-electron chi connectivity index (χ2n) is 6.83. The Kier molecular flexibility index (Phi) is 7.58. The Bertz CT molecular complexity index is 989. The van der Waals surface area contributed by atoms with Crippen LogP contribution in [-0.2, 0) is 17.9 Å². The Morgan fingerprint density at radius 2 is 1.77 bits per heavy atom. The summed E-state index contributed by atoms with van der Waals surface area (Å²) in [7, 11) is 3.30. The van der Waals surface area contributed by atoms with E-state index in [0.717, 1.165) is 5.56 Å². The second kappa shape index (κ2) is 10.8. The molecule has 0 aliphatic rings. The second-order valence-corrected chi connectivity index (χ2v) is 6.83. The zero-order chi connectivity index (χ0) is 22.1. The molecule has 0 bridgehead atoms. The molecular weight excluding hydrogens is 398 g/mol. The Labute approximate surface area is 180 Å². The van der Waals surface area contributed by atoms with Gasteiger partial charge in [-0.3, -0.25) is 9.59 Å². The van der Waals surface area contributed by atoms with Gasteiger partial charge in [-0.15, -0.1) is 5.10 Å². The number of nitrogens with one attached hydrogen (secondary N) is 1. The number of amides is 2. The van der Waals surface area contributed by atoms with Gasteiger partial charge in [0.25, 0.3) is 11.8 Å². The molecule has 1 N–H and O–H groups in total. The molecule has 0 atom stereocenters. The summed E-state index contributed by atoms with van der Waals surface area (Å²) in [5.41, 5.74) is 1.29. The smallest absolute Gasteiger partial charge is 0.276 e. The predicted molar refractivity (Wildman–Crippen MR) is 114 cm³/mol. The van der Waals surface area contributed by atoms with Gasteiger partial charge in [0.1, 0.15) is 11.5 Å². The van der Waals surface area contributed by atoms with Crippen LogP contribution in [0.1, 0.15) is 16.1 Å². The molecular formula is C22H25N5O4. The Balaban J connectivity index is 1.40. The normalized spacial score (nSPS) is 10.4. The molecule has 162 valence electrons. The number of methoxy groups -OCH3 is 1. The van der Waals surface area contributed by atoms with Crippen LogP contribution in [0.15, 0.2) is 60.8 Å². The highest BCUT2D eigenvalue weighted by atomic mass is 16.5. The van der Waals surface area contributed by atoms with Crippen LogP contribution < -0.4 is 14.8 Å². The molecule has 2 amide bonds. The topological polar surface area (TPSA) is 98.6 Å². The van der Waals surface area contributed by atoms with E-state index in [1.807, 2.05) is 30.3 Å². The van der Waals surface area contributed by atoms with E-state index in [-0.39, 0.29) is 24.1 Å². The number of benzene rings is 2. The lowest BCUT2D eigenvalue weighted by Crippen LogP contribution is -2.31. The van der Waals surface area contributed by atoms with Crippen molar-refractivity contribution in [1.82, 2.24) is 25.2 Å². The molecule has 9 heteroatoms. The molecule has 0 saturated heterocycles. The fourth-order valence-corrected chi connectivity index (χ4v) is 2.81. The molecule has 9 nitrogen and oxygen atoms in total. The molecule has 0 saturated carbocycles. The van der Waals surface area contributed by atoms with Crippen molar-refractivity contribution < 1.29 is 19.1 Å². The molecule has 3 rings (SSSR count). The number of nitrogens with zero attached hydrogens (tertiary/aromatic N) is 4. The maximum absolute atomic E-state index is 12.5. The molecule has 2 aromatic carbocycles. The van der Waals surface area contributed by atoms with Crippen LogP contribution in [0.3, 0.4) is 0 Å². The summed E-state index contributed by atoms with van der Waals surface area (Å²) in [4.78, 5) is 26.0. The number of hydrogen-bond donors (Lipinski definition) is 1. The van der Waals surface area contributed by atoms with Crippen molar-refractivity contribution in [3.8, 4) is 11.5 Å². The van der Waals surface area contributed by atoms with Gasteiger partial charge in [-0.25, -0.2) is 4.68 Å². The first-order chi connectivity index (χ1) is 15.0. The molecule has 0 radical (unpaired) electrons. The highest BCUT2D eigenvalue weighted by Gasteiger charge is 2.16. The first kappa shape index (κ1) is 21.8. The highest BCUT2D eigenvalue weighted by molar-refractivity contribution is 5.91. The van der Waals surface area contributed by atoms with Gasteiger partial charge in [-0.1, -0.05) is 35.5 Å². The van der Waals surface area contributed by atoms with Gasteiger partial charge in [-0.05, 0) is 29.8 Å². The van der Waals surface area contributed by atoms with Crippen molar-refractivity contribution in [1.29, 1.82) is 0 Å². The minimum Gasteiger partial charge on any atom is -0.497 e.